The van der Waals surface area contributed by atoms with E-state index in [1.54, 1.807) is 54.6 Å². The predicted octanol–water partition coefficient (Wildman–Crippen LogP) is 3.80. The summed E-state index contributed by atoms with van der Waals surface area (Å²) in [6, 6.07) is 21.8. The maximum absolute atomic E-state index is 13.1. The molecule has 33 heavy (non-hydrogen) atoms. The van der Waals surface area contributed by atoms with Crippen LogP contribution < -0.4 is 20.4 Å². The van der Waals surface area contributed by atoms with Crippen molar-refractivity contribution < 1.29 is 22.4 Å². The molecule has 0 aliphatic heterocycles. The maximum atomic E-state index is 13.1. The number of amides is 1. The van der Waals surface area contributed by atoms with Gasteiger partial charge in [0.15, 0.2) is 11.3 Å². The fraction of sp³-hybridized carbons (Fsp3) is 0.0833. The largest absolute Gasteiger partial charge is 0.493 e. The van der Waals surface area contributed by atoms with E-state index in [4.69, 9.17) is 9.15 Å². The molecule has 0 aliphatic carbocycles. The van der Waals surface area contributed by atoms with Crippen molar-refractivity contribution in [3.05, 3.63) is 95.5 Å². The number of methoxy groups -OCH3 is 1. The van der Waals surface area contributed by atoms with Gasteiger partial charge in [0.25, 0.3) is 15.9 Å². The van der Waals surface area contributed by atoms with E-state index in [9.17, 15) is 13.2 Å². The van der Waals surface area contributed by atoms with E-state index >= 15 is 0 Å². The van der Waals surface area contributed by atoms with Crippen LogP contribution in [0.1, 0.15) is 15.9 Å². The van der Waals surface area contributed by atoms with Crippen molar-refractivity contribution in [3.63, 3.8) is 0 Å². The van der Waals surface area contributed by atoms with Gasteiger partial charge in [-0.2, -0.15) is 13.2 Å². The van der Waals surface area contributed by atoms with E-state index in [-0.39, 0.29) is 16.0 Å². The van der Waals surface area contributed by atoms with Crippen molar-refractivity contribution in [2.24, 2.45) is 5.10 Å². The molecule has 8 nitrogen and oxygen atoms in total. The summed E-state index contributed by atoms with van der Waals surface area (Å²) in [7, 11) is -2.49. The van der Waals surface area contributed by atoms with Crippen LogP contribution in [0.25, 0.3) is 11.0 Å². The number of hydrogen-bond donors (Lipinski definition) is 2. The first kappa shape index (κ1) is 22.1. The average Bonchev–Trinajstić information content (AvgIpc) is 2.83. The standard InChI is InChI=1S/C24H21N3O5S/c1-16-11-13-18(14-12-16)25-23(28)20-15-17-7-6-10-21(31-2)22(17)32-24(20)26-27-33(29,30)19-8-4-3-5-9-19/h3-15,27H,1-2H3,(H,25,28)/b26-24-. The minimum absolute atomic E-state index is 0.0257. The lowest BCUT2D eigenvalue weighted by Crippen LogP contribution is -2.27. The Balaban J connectivity index is 1.80. The Kier molecular flexibility index (Phi) is 6.14. The summed E-state index contributed by atoms with van der Waals surface area (Å²) in [6.45, 7) is 1.94. The molecule has 3 aromatic carbocycles. The van der Waals surface area contributed by atoms with E-state index in [0.717, 1.165) is 5.56 Å². The second-order valence-corrected chi connectivity index (χ2v) is 8.84. The van der Waals surface area contributed by atoms with Crippen LogP contribution in [0.2, 0.25) is 0 Å². The molecule has 0 saturated heterocycles. The van der Waals surface area contributed by atoms with Gasteiger partial charge in [-0.15, -0.1) is 5.10 Å². The van der Waals surface area contributed by atoms with Crippen LogP contribution in [0.4, 0.5) is 5.69 Å². The van der Waals surface area contributed by atoms with Crippen molar-refractivity contribution in [2.75, 3.05) is 12.4 Å². The lowest BCUT2D eigenvalue weighted by atomic mass is 10.1. The van der Waals surface area contributed by atoms with Crippen LogP contribution in [0.3, 0.4) is 0 Å². The number of benzene rings is 3. The topological polar surface area (TPSA) is 110 Å². The van der Waals surface area contributed by atoms with Crippen molar-refractivity contribution in [1.29, 1.82) is 0 Å². The number of anilines is 1. The summed E-state index contributed by atoms with van der Waals surface area (Å²) < 4.78 is 36.4. The second kappa shape index (κ2) is 9.17. The Hall–Kier alpha value is -4.11. The normalized spacial score (nSPS) is 11.9. The molecule has 2 N–H and O–H groups in total. The molecule has 0 unspecified atom stereocenters. The van der Waals surface area contributed by atoms with E-state index in [0.29, 0.717) is 22.4 Å². The lowest BCUT2D eigenvalue weighted by Gasteiger charge is -2.09. The fourth-order valence-corrected chi connectivity index (χ4v) is 3.94. The summed E-state index contributed by atoms with van der Waals surface area (Å²) in [4.78, 5) is 15.2. The Morgan fingerprint density at radius 1 is 0.970 bits per heavy atom. The minimum Gasteiger partial charge on any atom is -0.493 e. The van der Waals surface area contributed by atoms with Gasteiger partial charge in [0.05, 0.1) is 12.0 Å². The summed E-state index contributed by atoms with van der Waals surface area (Å²) in [5.74, 6) is -0.0923. The van der Waals surface area contributed by atoms with E-state index < -0.39 is 15.9 Å². The SMILES string of the molecule is COc1cccc2cc(C(=O)Nc3ccc(C)cc3)/c(=N/NS(=O)(=O)c3ccccc3)oc12. The molecule has 0 aliphatic rings. The highest BCUT2D eigenvalue weighted by Crippen LogP contribution is 2.24. The molecule has 9 heteroatoms. The number of nitrogens with zero attached hydrogens (tertiary/aromatic N) is 1. The van der Waals surface area contributed by atoms with Gasteiger partial charge in [-0.25, -0.2) is 0 Å². The number of para-hydroxylation sites is 1. The zero-order chi connectivity index (χ0) is 23.4. The van der Waals surface area contributed by atoms with Gasteiger partial charge in [0.2, 0.25) is 5.55 Å². The number of nitrogens with one attached hydrogen (secondary N) is 2. The molecule has 0 spiro atoms. The van der Waals surface area contributed by atoms with E-state index in [1.165, 1.54) is 19.2 Å². The van der Waals surface area contributed by atoms with Crippen LogP contribution >= 0.6 is 0 Å². The molecule has 0 bridgehead atoms. The smallest absolute Gasteiger partial charge is 0.276 e. The molecule has 1 heterocycles. The molecule has 0 fully saturated rings. The van der Waals surface area contributed by atoms with Crippen molar-refractivity contribution in [2.45, 2.75) is 11.8 Å². The third-order valence-corrected chi connectivity index (χ3v) is 6.06. The monoisotopic (exact) mass is 463 g/mol. The van der Waals surface area contributed by atoms with Crippen LogP contribution in [0.5, 0.6) is 5.75 Å². The number of sulfonamides is 1. The summed E-state index contributed by atoms with van der Waals surface area (Å²) in [5.41, 5.74) is 1.78. The van der Waals surface area contributed by atoms with Gasteiger partial charge in [-0.1, -0.05) is 48.0 Å². The Labute approximate surface area is 190 Å². The molecule has 1 amide bonds. The number of fused-ring (bicyclic) bond motifs is 1. The Morgan fingerprint density at radius 2 is 1.70 bits per heavy atom. The maximum Gasteiger partial charge on any atom is 0.276 e. The number of ether oxygens (including phenoxy) is 1. The summed E-state index contributed by atoms with van der Waals surface area (Å²) >= 11 is 0. The number of rotatable bonds is 6. The molecule has 0 radical (unpaired) electrons. The Morgan fingerprint density at radius 3 is 2.39 bits per heavy atom. The lowest BCUT2D eigenvalue weighted by molar-refractivity contribution is 0.102. The summed E-state index contributed by atoms with van der Waals surface area (Å²) in [6.07, 6.45) is 0. The second-order valence-electron chi connectivity index (χ2n) is 7.18. The summed E-state index contributed by atoms with van der Waals surface area (Å²) in [5, 5.41) is 7.31. The zero-order valence-corrected chi connectivity index (χ0v) is 18.7. The van der Waals surface area contributed by atoms with Gasteiger partial charge in [-0.3, -0.25) is 4.79 Å². The van der Waals surface area contributed by atoms with Crippen molar-refractivity contribution >= 4 is 32.6 Å². The first-order valence-electron chi connectivity index (χ1n) is 9.97. The van der Waals surface area contributed by atoms with E-state index in [1.807, 2.05) is 19.1 Å². The molecule has 168 valence electrons. The highest BCUT2D eigenvalue weighted by Gasteiger charge is 2.17. The third kappa shape index (κ3) is 4.88. The molecular weight excluding hydrogens is 442 g/mol. The van der Waals surface area contributed by atoms with Gasteiger partial charge in [0, 0.05) is 11.1 Å². The van der Waals surface area contributed by atoms with Gasteiger partial charge in [-0.05, 0) is 43.3 Å². The molecule has 4 rings (SSSR count). The zero-order valence-electron chi connectivity index (χ0n) is 17.9. The highest BCUT2D eigenvalue weighted by molar-refractivity contribution is 7.89. The predicted molar refractivity (Wildman–Crippen MR) is 124 cm³/mol. The van der Waals surface area contributed by atoms with Crippen molar-refractivity contribution in [1.82, 2.24) is 4.83 Å². The van der Waals surface area contributed by atoms with Crippen LogP contribution in [0.15, 0.2) is 93.3 Å². The number of carbonyl (C=O) groups is 1. The molecular formula is C24H21N3O5S. The number of carbonyl (C=O) groups excluding carboxylic acids is 1. The van der Waals surface area contributed by atoms with Crippen molar-refractivity contribution in [3.8, 4) is 5.75 Å². The molecule has 1 aromatic heterocycles. The fourth-order valence-electron chi connectivity index (χ4n) is 3.12. The van der Waals surface area contributed by atoms with Crippen LogP contribution in [-0.2, 0) is 10.0 Å². The van der Waals surface area contributed by atoms with Gasteiger partial charge < -0.3 is 14.5 Å². The van der Waals surface area contributed by atoms with Crippen LogP contribution in [-0.4, -0.2) is 21.4 Å². The number of aryl methyl sites for hydroxylation is 1. The first-order valence-corrected chi connectivity index (χ1v) is 11.5. The first-order chi connectivity index (χ1) is 15.9. The molecule has 0 atom stereocenters. The highest BCUT2D eigenvalue weighted by atomic mass is 32.2. The molecule has 4 aromatic rings. The Bertz CT molecular complexity index is 1480. The van der Waals surface area contributed by atoms with Crippen LogP contribution in [0, 0.1) is 6.92 Å². The third-order valence-electron chi connectivity index (χ3n) is 4.83. The van der Waals surface area contributed by atoms with E-state index in [2.05, 4.69) is 15.2 Å². The quantitative estimate of drug-likeness (QED) is 0.423. The average molecular weight is 464 g/mol. The number of hydrogen-bond acceptors (Lipinski definition) is 6. The van der Waals surface area contributed by atoms with Gasteiger partial charge in [0.1, 0.15) is 5.56 Å². The minimum atomic E-state index is -3.97. The van der Waals surface area contributed by atoms with Gasteiger partial charge >= 0.3 is 0 Å². The molecule has 0 saturated carbocycles.